The van der Waals surface area contributed by atoms with Crippen molar-refractivity contribution < 1.29 is 19.2 Å². The minimum absolute atomic E-state index is 0.185. The Morgan fingerprint density at radius 3 is 2.40 bits per heavy atom. The fraction of sp³-hybridized carbons (Fsp3) is 0.357. The van der Waals surface area contributed by atoms with Crippen LogP contribution in [0.3, 0.4) is 0 Å². The van der Waals surface area contributed by atoms with Crippen LogP contribution >= 0.6 is 0 Å². The molecule has 0 radical (unpaired) electrons. The second-order valence-electron chi connectivity index (χ2n) is 9.77. The molecule has 1 amide bonds. The van der Waals surface area contributed by atoms with Gasteiger partial charge in [0.15, 0.2) is 0 Å². The monoisotopic (exact) mass is 492 g/mol. The van der Waals surface area contributed by atoms with Gasteiger partial charge in [0.05, 0.1) is 17.3 Å². The topological polar surface area (TPSA) is 85.7 Å². The number of benzene rings is 2. The maximum atomic E-state index is 13.3. The van der Waals surface area contributed by atoms with Gasteiger partial charge in [-0.15, -0.1) is 0 Å². The van der Waals surface area contributed by atoms with E-state index in [1.54, 1.807) is 31.1 Å². The van der Waals surface area contributed by atoms with E-state index < -0.39 is 22.4 Å². The van der Waals surface area contributed by atoms with Gasteiger partial charge in [0.1, 0.15) is 11.9 Å². The first-order valence-electron chi connectivity index (χ1n) is 11.8. The lowest BCUT2D eigenvalue weighted by molar-refractivity contribution is -0.101. The highest BCUT2D eigenvalue weighted by Crippen LogP contribution is 2.42. The van der Waals surface area contributed by atoms with Crippen LogP contribution < -0.4 is 0 Å². The van der Waals surface area contributed by atoms with Gasteiger partial charge in [-0.3, -0.25) is 0 Å². The Labute approximate surface area is 210 Å². The molecule has 1 saturated heterocycles. The molecule has 1 aliphatic rings. The van der Waals surface area contributed by atoms with E-state index in [0.29, 0.717) is 24.4 Å². The Morgan fingerprint density at radius 1 is 1.11 bits per heavy atom. The first kappa shape index (κ1) is 25.2. The Morgan fingerprint density at radius 2 is 1.80 bits per heavy atom. The number of rotatable bonds is 7. The Bertz CT molecular complexity index is 1160. The van der Waals surface area contributed by atoms with Gasteiger partial charge in [0.25, 0.3) is 0 Å². The minimum Gasteiger partial charge on any atom is -0.610 e. The summed E-state index contributed by atoms with van der Waals surface area (Å²) in [6.07, 6.45) is 2.13. The minimum atomic E-state index is -1.14. The summed E-state index contributed by atoms with van der Waals surface area (Å²) in [5.41, 5.74) is 1.70. The predicted molar refractivity (Wildman–Crippen MR) is 137 cm³/mol. The van der Waals surface area contributed by atoms with Crippen LogP contribution in [0, 0.1) is 0 Å². The summed E-state index contributed by atoms with van der Waals surface area (Å²) in [7, 11) is 0. The molecule has 0 aliphatic carbocycles. The maximum Gasteiger partial charge on any atom is 0.411 e. The van der Waals surface area contributed by atoms with Gasteiger partial charge < -0.3 is 19.3 Å². The molecule has 1 N–H and O–H groups in total. The van der Waals surface area contributed by atoms with Crippen molar-refractivity contribution in [2.45, 2.75) is 55.9 Å². The van der Waals surface area contributed by atoms with Crippen LogP contribution in [0.15, 0.2) is 77.8 Å². The quantitative estimate of drug-likeness (QED) is 0.444. The SMILES string of the molecule is C[C@@H](c1ccc(-c2cccc([S+](C)[O-])n2)cc1)N1CC[C@](CC(C)(C)O)(c2ccccc2)OC1=O. The summed E-state index contributed by atoms with van der Waals surface area (Å²) in [4.78, 5) is 19.5. The van der Waals surface area contributed by atoms with E-state index >= 15 is 0 Å². The lowest BCUT2D eigenvalue weighted by Crippen LogP contribution is -2.51. The van der Waals surface area contributed by atoms with E-state index in [9.17, 15) is 14.5 Å². The molecular formula is C28H32N2O4S. The molecule has 2 aromatic carbocycles. The summed E-state index contributed by atoms with van der Waals surface area (Å²) in [6.45, 7) is 5.98. The van der Waals surface area contributed by atoms with Crippen LogP contribution in [-0.2, 0) is 21.5 Å². The third-order valence-electron chi connectivity index (χ3n) is 6.47. The van der Waals surface area contributed by atoms with E-state index in [0.717, 1.165) is 22.4 Å². The molecule has 0 spiro atoms. The van der Waals surface area contributed by atoms with Crippen molar-refractivity contribution >= 4 is 17.3 Å². The van der Waals surface area contributed by atoms with Crippen LogP contribution in [0.4, 0.5) is 4.79 Å². The number of aromatic nitrogens is 1. The second-order valence-corrected chi connectivity index (χ2v) is 11.1. The van der Waals surface area contributed by atoms with E-state index in [4.69, 9.17) is 4.74 Å². The van der Waals surface area contributed by atoms with E-state index in [1.165, 1.54) is 0 Å². The van der Waals surface area contributed by atoms with Gasteiger partial charge in [0.2, 0.25) is 5.03 Å². The molecule has 3 atom stereocenters. The Hall–Kier alpha value is -2.87. The van der Waals surface area contributed by atoms with Crippen molar-refractivity contribution in [3.05, 3.63) is 83.9 Å². The number of amides is 1. The zero-order valence-corrected chi connectivity index (χ0v) is 21.4. The van der Waals surface area contributed by atoms with E-state index in [-0.39, 0.29) is 12.1 Å². The molecule has 1 unspecified atom stereocenters. The molecule has 2 heterocycles. The fourth-order valence-corrected chi connectivity index (χ4v) is 5.24. The van der Waals surface area contributed by atoms with Gasteiger partial charge in [-0.1, -0.05) is 60.7 Å². The van der Waals surface area contributed by atoms with Crippen molar-refractivity contribution in [2.75, 3.05) is 12.8 Å². The number of hydrogen-bond acceptors (Lipinski definition) is 5. The third kappa shape index (κ3) is 5.69. The van der Waals surface area contributed by atoms with Gasteiger partial charge in [-0.25, -0.2) is 9.78 Å². The summed E-state index contributed by atoms with van der Waals surface area (Å²) < 4.78 is 17.9. The highest BCUT2D eigenvalue weighted by molar-refractivity contribution is 7.90. The van der Waals surface area contributed by atoms with Crippen molar-refractivity contribution in [1.29, 1.82) is 0 Å². The average molecular weight is 493 g/mol. The summed E-state index contributed by atoms with van der Waals surface area (Å²) in [6, 6.07) is 22.9. The highest BCUT2D eigenvalue weighted by atomic mass is 32.2. The Kier molecular flexibility index (Phi) is 7.22. The van der Waals surface area contributed by atoms with Crippen LogP contribution in [0.1, 0.15) is 50.8 Å². The van der Waals surface area contributed by atoms with Crippen LogP contribution in [0.5, 0.6) is 0 Å². The van der Waals surface area contributed by atoms with Gasteiger partial charge in [0, 0.05) is 42.2 Å². The number of nitrogens with zero attached hydrogens (tertiary/aromatic N) is 2. The molecule has 6 nitrogen and oxygen atoms in total. The number of pyridine rings is 1. The third-order valence-corrected chi connectivity index (χ3v) is 7.28. The molecular weight excluding hydrogens is 460 g/mol. The van der Waals surface area contributed by atoms with Gasteiger partial charge >= 0.3 is 6.09 Å². The average Bonchev–Trinajstić information content (AvgIpc) is 2.83. The molecule has 1 aromatic heterocycles. The largest absolute Gasteiger partial charge is 0.610 e. The lowest BCUT2D eigenvalue weighted by atomic mass is 9.80. The highest BCUT2D eigenvalue weighted by Gasteiger charge is 2.46. The number of cyclic esters (lactones) is 1. The molecule has 184 valence electrons. The van der Waals surface area contributed by atoms with Crippen molar-refractivity contribution in [3.63, 3.8) is 0 Å². The predicted octanol–water partition coefficient (Wildman–Crippen LogP) is 5.45. The molecule has 7 heteroatoms. The smallest absolute Gasteiger partial charge is 0.411 e. The van der Waals surface area contributed by atoms with Gasteiger partial charge in [-0.05, 0) is 38.0 Å². The van der Waals surface area contributed by atoms with Crippen molar-refractivity contribution in [1.82, 2.24) is 9.88 Å². The maximum absolute atomic E-state index is 13.3. The first-order valence-corrected chi connectivity index (χ1v) is 13.3. The number of aliphatic hydroxyl groups is 1. The molecule has 1 fully saturated rings. The molecule has 4 rings (SSSR count). The number of carbonyl (C=O) groups excluding carboxylic acids is 1. The number of carbonyl (C=O) groups is 1. The zero-order valence-electron chi connectivity index (χ0n) is 20.6. The van der Waals surface area contributed by atoms with E-state index in [1.807, 2.05) is 73.7 Å². The van der Waals surface area contributed by atoms with Crippen molar-refractivity contribution in [3.8, 4) is 11.3 Å². The summed E-state index contributed by atoms with van der Waals surface area (Å²) in [5.74, 6) is 0. The molecule has 1 aliphatic heterocycles. The van der Waals surface area contributed by atoms with Gasteiger partial charge in [-0.2, -0.15) is 0 Å². The Balaban J connectivity index is 1.53. The second kappa shape index (κ2) is 10.0. The number of ether oxygens (including phenoxy) is 1. The molecule has 35 heavy (non-hydrogen) atoms. The summed E-state index contributed by atoms with van der Waals surface area (Å²) >= 11 is -1.14. The molecule has 0 saturated carbocycles. The van der Waals surface area contributed by atoms with Crippen LogP contribution in [0.25, 0.3) is 11.3 Å². The zero-order chi connectivity index (χ0) is 25.2. The standard InChI is InChI=1S/C28H32N2O4S/c1-20(21-13-15-22(16-14-21)24-11-8-12-25(29-24)35(4)33)30-18-17-28(34-26(30)31,19-27(2,3)32)23-9-6-5-7-10-23/h5-16,20,32H,17-19H2,1-4H3/t20-,28-,35?/m0/s1. The van der Waals surface area contributed by atoms with Crippen LogP contribution in [-0.4, -0.2) is 44.0 Å². The number of hydrogen-bond donors (Lipinski definition) is 1. The normalized spacial score (nSPS) is 20.3. The van der Waals surface area contributed by atoms with E-state index in [2.05, 4.69) is 4.98 Å². The fourth-order valence-electron chi connectivity index (χ4n) is 4.74. The first-order chi connectivity index (χ1) is 16.6. The summed E-state index contributed by atoms with van der Waals surface area (Å²) in [5, 5.41) is 11.1. The lowest BCUT2D eigenvalue weighted by Gasteiger charge is -2.45. The molecule has 3 aromatic rings. The van der Waals surface area contributed by atoms with Crippen molar-refractivity contribution in [2.24, 2.45) is 0 Å². The molecule has 0 bridgehead atoms. The van der Waals surface area contributed by atoms with Crippen LogP contribution in [0.2, 0.25) is 0 Å².